The van der Waals surface area contributed by atoms with Gasteiger partial charge in [0.25, 0.3) is 15.9 Å². The molecule has 8 heteroatoms. The number of sulfonamides is 1. The van der Waals surface area contributed by atoms with E-state index in [0.29, 0.717) is 29.1 Å². The second-order valence-corrected chi connectivity index (χ2v) is 8.78. The third-order valence-electron chi connectivity index (χ3n) is 4.77. The van der Waals surface area contributed by atoms with E-state index in [1.165, 1.54) is 36.3 Å². The number of rotatable bonds is 7. The average molecular weight is 443 g/mol. The highest BCUT2D eigenvalue weighted by atomic mass is 32.2. The lowest BCUT2D eigenvalue weighted by Crippen LogP contribution is -2.26. The molecule has 0 bridgehead atoms. The topological polar surface area (TPSA) is 75.7 Å². The van der Waals surface area contributed by atoms with Gasteiger partial charge in [-0.05, 0) is 72.6 Å². The van der Waals surface area contributed by atoms with E-state index in [1.807, 2.05) is 0 Å². The van der Waals surface area contributed by atoms with Gasteiger partial charge in [0, 0.05) is 19.2 Å². The Balaban J connectivity index is 1.74. The second kappa shape index (κ2) is 9.18. The van der Waals surface area contributed by atoms with Gasteiger partial charge in [-0.25, -0.2) is 12.8 Å². The lowest BCUT2D eigenvalue weighted by molar-refractivity contribution is 0.0785. The zero-order chi connectivity index (χ0) is 22.6. The Labute approximate surface area is 181 Å². The summed E-state index contributed by atoms with van der Waals surface area (Å²) in [4.78, 5) is 14.4. The Kier molecular flexibility index (Phi) is 6.60. The van der Waals surface area contributed by atoms with Crippen LogP contribution in [0.1, 0.15) is 21.5 Å². The molecule has 0 aliphatic heterocycles. The van der Waals surface area contributed by atoms with E-state index in [0.717, 1.165) is 5.56 Å². The molecule has 0 radical (unpaired) electrons. The van der Waals surface area contributed by atoms with E-state index in [1.54, 1.807) is 56.4 Å². The van der Waals surface area contributed by atoms with Crippen molar-refractivity contribution >= 4 is 21.6 Å². The third-order valence-corrected chi connectivity index (χ3v) is 6.15. The number of hydrogen-bond donors (Lipinski definition) is 1. The fraction of sp³-hybridized carbons (Fsp3) is 0.174. The Morgan fingerprint density at radius 1 is 1.03 bits per heavy atom. The highest BCUT2D eigenvalue weighted by Crippen LogP contribution is 2.23. The van der Waals surface area contributed by atoms with Gasteiger partial charge in [0.05, 0.1) is 17.7 Å². The molecular formula is C23H23FN2O4S. The minimum Gasteiger partial charge on any atom is -0.497 e. The van der Waals surface area contributed by atoms with Crippen molar-refractivity contribution in [2.24, 2.45) is 0 Å². The van der Waals surface area contributed by atoms with Crippen molar-refractivity contribution in [3.8, 4) is 5.75 Å². The van der Waals surface area contributed by atoms with Crippen LogP contribution in [-0.2, 0) is 16.6 Å². The molecule has 31 heavy (non-hydrogen) atoms. The summed E-state index contributed by atoms with van der Waals surface area (Å²) in [7, 11) is -0.627. The number of carbonyl (C=O) groups excluding carboxylic acids is 1. The zero-order valence-corrected chi connectivity index (χ0v) is 18.2. The first-order valence-electron chi connectivity index (χ1n) is 9.47. The molecule has 1 amide bonds. The fourth-order valence-electron chi connectivity index (χ4n) is 3.03. The maximum atomic E-state index is 13.1. The number of nitrogens with one attached hydrogen (secondary N) is 1. The predicted molar refractivity (Wildman–Crippen MR) is 117 cm³/mol. The molecule has 0 unspecified atom stereocenters. The molecule has 3 aromatic rings. The molecule has 1 N–H and O–H groups in total. The minimum absolute atomic E-state index is 0.104. The summed E-state index contributed by atoms with van der Waals surface area (Å²) in [5.74, 6) is 0.000718. The number of amides is 1. The standard InChI is InChI=1S/C23H23FN2O4S/c1-16-14-18(23(27)26(2)15-17-4-7-19(24)8-5-17)6-13-22(16)25-31(28,29)21-11-9-20(30-3)10-12-21/h4-14,25H,15H2,1-3H3. The van der Waals surface area contributed by atoms with Gasteiger partial charge in [-0.2, -0.15) is 0 Å². The van der Waals surface area contributed by atoms with E-state index in [4.69, 9.17) is 4.74 Å². The van der Waals surface area contributed by atoms with Crippen LogP contribution < -0.4 is 9.46 Å². The van der Waals surface area contributed by atoms with Crippen LogP contribution in [0, 0.1) is 12.7 Å². The van der Waals surface area contributed by atoms with E-state index in [2.05, 4.69) is 4.72 Å². The van der Waals surface area contributed by atoms with Gasteiger partial charge in [0.15, 0.2) is 0 Å². The van der Waals surface area contributed by atoms with Gasteiger partial charge in [-0.3, -0.25) is 9.52 Å². The molecule has 6 nitrogen and oxygen atoms in total. The van der Waals surface area contributed by atoms with Crippen molar-refractivity contribution in [2.45, 2.75) is 18.4 Å². The summed E-state index contributed by atoms with van der Waals surface area (Å²) in [5.41, 5.74) is 2.22. The van der Waals surface area contributed by atoms with Gasteiger partial charge in [0.1, 0.15) is 11.6 Å². The van der Waals surface area contributed by atoms with Gasteiger partial charge in [-0.15, -0.1) is 0 Å². The average Bonchev–Trinajstić information content (AvgIpc) is 2.76. The van der Waals surface area contributed by atoms with E-state index >= 15 is 0 Å². The van der Waals surface area contributed by atoms with Crippen molar-refractivity contribution in [1.29, 1.82) is 0 Å². The number of aryl methyl sites for hydroxylation is 1. The van der Waals surface area contributed by atoms with Crippen molar-refractivity contribution in [1.82, 2.24) is 4.90 Å². The summed E-state index contributed by atoms with van der Waals surface area (Å²) < 4.78 is 46.0. The van der Waals surface area contributed by atoms with Crippen molar-refractivity contribution in [3.63, 3.8) is 0 Å². The van der Waals surface area contributed by atoms with Gasteiger partial charge in [0.2, 0.25) is 0 Å². The Morgan fingerprint density at radius 2 is 1.68 bits per heavy atom. The lowest BCUT2D eigenvalue weighted by atomic mass is 10.1. The van der Waals surface area contributed by atoms with Crippen LogP contribution in [0.3, 0.4) is 0 Å². The maximum Gasteiger partial charge on any atom is 0.261 e. The van der Waals surface area contributed by atoms with Gasteiger partial charge in [-0.1, -0.05) is 12.1 Å². The molecule has 0 aliphatic carbocycles. The quantitative estimate of drug-likeness (QED) is 0.595. The summed E-state index contributed by atoms with van der Waals surface area (Å²) in [5, 5.41) is 0. The molecule has 0 heterocycles. The number of nitrogens with zero attached hydrogens (tertiary/aromatic N) is 1. The molecule has 0 fully saturated rings. The number of halogens is 1. The number of hydrogen-bond acceptors (Lipinski definition) is 4. The SMILES string of the molecule is COc1ccc(S(=O)(=O)Nc2ccc(C(=O)N(C)Cc3ccc(F)cc3)cc2C)cc1. The zero-order valence-electron chi connectivity index (χ0n) is 17.4. The third kappa shape index (κ3) is 5.40. The fourth-order valence-corrected chi connectivity index (χ4v) is 4.16. The summed E-state index contributed by atoms with van der Waals surface area (Å²) in [6.45, 7) is 2.05. The van der Waals surface area contributed by atoms with Crippen molar-refractivity contribution in [3.05, 3.63) is 89.2 Å². The number of methoxy groups -OCH3 is 1. The molecule has 3 aromatic carbocycles. The van der Waals surface area contributed by atoms with Crippen LogP contribution in [0.2, 0.25) is 0 Å². The van der Waals surface area contributed by atoms with Crippen LogP contribution in [0.15, 0.2) is 71.6 Å². The van der Waals surface area contributed by atoms with Crippen LogP contribution in [0.5, 0.6) is 5.75 Å². The first-order chi connectivity index (χ1) is 14.7. The Bertz CT molecular complexity index is 1180. The number of benzene rings is 3. The number of anilines is 1. The molecule has 0 aliphatic rings. The summed E-state index contributed by atoms with van der Waals surface area (Å²) in [6.07, 6.45) is 0. The van der Waals surface area contributed by atoms with Crippen LogP contribution >= 0.6 is 0 Å². The Hall–Kier alpha value is -3.39. The highest BCUT2D eigenvalue weighted by molar-refractivity contribution is 7.92. The van der Waals surface area contributed by atoms with Crippen LogP contribution in [-0.4, -0.2) is 33.4 Å². The summed E-state index contributed by atoms with van der Waals surface area (Å²) in [6, 6.07) is 16.8. The molecule has 0 aromatic heterocycles. The maximum absolute atomic E-state index is 13.1. The number of carbonyl (C=O) groups is 1. The Morgan fingerprint density at radius 3 is 2.26 bits per heavy atom. The van der Waals surface area contributed by atoms with Crippen molar-refractivity contribution < 1.29 is 22.3 Å². The molecule has 162 valence electrons. The first kappa shape index (κ1) is 22.3. The molecule has 0 saturated heterocycles. The highest BCUT2D eigenvalue weighted by Gasteiger charge is 2.18. The van der Waals surface area contributed by atoms with E-state index < -0.39 is 10.0 Å². The van der Waals surface area contributed by atoms with E-state index in [-0.39, 0.29) is 16.6 Å². The van der Waals surface area contributed by atoms with Crippen LogP contribution in [0.25, 0.3) is 0 Å². The monoisotopic (exact) mass is 442 g/mol. The second-order valence-electron chi connectivity index (χ2n) is 7.10. The molecule has 0 atom stereocenters. The molecule has 0 spiro atoms. The molecule has 0 saturated carbocycles. The molecular weight excluding hydrogens is 419 g/mol. The summed E-state index contributed by atoms with van der Waals surface area (Å²) >= 11 is 0. The number of ether oxygens (including phenoxy) is 1. The van der Waals surface area contributed by atoms with Crippen LogP contribution in [0.4, 0.5) is 10.1 Å². The van der Waals surface area contributed by atoms with E-state index in [9.17, 15) is 17.6 Å². The molecule has 3 rings (SSSR count). The largest absolute Gasteiger partial charge is 0.497 e. The smallest absolute Gasteiger partial charge is 0.261 e. The van der Waals surface area contributed by atoms with Crippen molar-refractivity contribution in [2.75, 3.05) is 18.9 Å². The first-order valence-corrected chi connectivity index (χ1v) is 11.0. The van der Waals surface area contributed by atoms with Gasteiger partial charge < -0.3 is 9.64 Å². The minimum atomic E-state index is -3.79. The lowest BCUT2D eigenvalue weighted by Gasteiger charge is -2.18. The normalized spacial score (nSPS) is 11.1. The van der Waals surface area contributed by atoms with Gasteiger partial charge >= 0.3 is 0 Å². The predicted octanol–water partition coefficient (Wildman–Crippen LogP) is 4.22.